The van der Waals surface area contributed by atoms with E-state index >= 15 is 0 Å². The Bertz CT molecular complexity index is 578. The summed E-state index contributed by atoms with van der Waals surface area (Å²) in [5.74, 6) is -2.54. The zero-order valence-electron chi connectivity index (χ0n) is 13.1. The lowest BCUT2D eigenvalue weighted by Crippen LogP contribution is -2.48. The van der Waals surface area contributed by atoms with Crippen LogP contribution in [0.15, 0.2) is 24.3 Å². The van der Waals surface area contributed by atoms with Crippen LogP contribution in [-0.2, 0) is 4.79 Å². The molecule has 0 aromatic heterocycles. The number of carbonyl (C=O) groups excluding carboxylic acids is 1. The highest BCUT2D eigenvalue weighted by Gasteiger charge is 2.51. The first-order valence-electron chi connectivity index (χ1n) is 7.07. The molecule has 2 rings (SSSR count). The van der Waals surface area contributed by atoms with Crippen molar-refractivity contribution >= 4 is 18.3 Å². The van der Waals surface area contributed by atoms with Crippen molar-refractivity contribution in [2.75, 3.05) is 13.1 Å². The zero-order chi connectivity index (χ0) is 17.4. The lowest BCUT2D eigenvalue weighted by Gasteiger charge is -2.30. The van der Waals surface area contributed by atoms with E-state index in [1.807, 2.05) is 0 Å². The summed E-state index contributed by atoms with van der Waals surface area (Å²) in [5.41, 5.74) is 4.12. The summed E-state index contributed by atoms with van der Waals surface area (Å²) in [5, 5.41) is 0. The third-order valence-corrected chi connectivity index (χ3v) is 3.77. The molecule has 1 aromatic carbocycles. The minimum atomic E-state index is -4.45. The molecule has 2 atom stereocenters. The Hall–Kier alpha value is -1.54. The minimum absolute atomic E-state index is 0. The Kier molecular flexibility index (Phi) is 6.10. The minimum Gasteiger partial charge on any atom is -0.478 e. The topological polar surface area (TPSA) is 55.6 Å². The Balaban J connectivity index is 0.00000288. The van der Waals surface area contributed by atoms with Crippen LogP contribution in [0.5, 0.6) is 5.75 Å². The lowest BCUT2D eigenvalue weighted by atomic mass is 10.0. The number of carbonyl (C=O) groups is 1. The number of rotatable bonds is 3. The van der Waals surface area contributed by atoms with Crippen molar-refractivity contribution in [3.05, 3.63) is 30.1 Å². The second kappa shape index (κ2) is 7.14. The molecular weight excluding hydrogens is 352 g/mol. The van der Waals surface area contributed by atoms with E-state index in [4.69, 9.17) is 10.5 Å². The van der Waals surface area contributed by atoms with Gasteiger partial charge in [-0.15, -0.1) is 12.4 Å². The Labute approximate surface area is 143 Å². The van der Waals surface area contributed by atoms with Crippen molar-refractivity contribution in [1.29, 1.82) is 0 Å². The summed E-state index contributed by atoms with van der Waals surface area (Å²) in [7, 11) is 0. The van der Waals surface area contributed by atoms with Gasteiger partial charge in [0, 0.05) is 19.1 Å². The molecule has 0 unspecified atom stereocenters. The van der Waals surface area contributed by atoms with Gasteiger partial charge in [0.15, 0.2) is 5.60 Å². The van der Waals surface area contributed by atoms with Crippen LogP contribution in [-0.4, -0.2) is 41.7 Å². The summed E-state index contributed by atoms with van der Waals surface area (Å²) in [4.78, 5) is 13.5. The van der Waals surface area contributed by atoms with Crippen LogP contribution in [0.25, 0.3) is 0 Å². The maximum Gasteiger partial charge on any atom is 0.395 e. The predicted octanol–water partition coefficient (Wildman–Crippen LogP) is 2.75. The van der Waals surface area contributed by atoms with Crippen molar-refractivity contribution in [3.8, 4) is 5.75 Å². The molecule has 1 saturated heterocycles. The van der Waals surface area contributed by atoms with E-state index in [0.717, 1.165) is 4.90 Å². The number of ether oxygens (including phenoxy) is 1. The number of nitrogens with two attached hydrogens (primary N) is 1. The average Bonchev–Trinajstić information content (AvgIpc) is 2.82. The highest BCUT2D eigenvalue weighted by atomic mass is 35.5. The van der Waals surface area contributed by atoms with E-state index < -0.39 is 42.0 Å². The van der Waals surface area contributed by atoms with Gasteiger partial charge >= 0.3 is 6.18 Å². The summed E-state index contributed by atoms with van der Waals surface area (Å²) in [6.07, 6.45) is -4.45. The standard InChI is InChI=1S/C15H18F4N2O2.ClH/c1-14(2,23-10-5-3-9(16)4-6-10)13(22)21-7-11(12(20)8-21)15(17,18)19;/h3-6,11-12H,7-8,20H2,1-2H3;1H/t11-,12-;/m1./s1. The number of benzene rings is 1. The Morgan fingerprint density at radius 3 is 2.21 bits per heavy atom. The number of likely N-dealkylation sites (tertiary alicyclic amines) is 1. The first-order chi connectivity index (χ1) is 10.5. The molecule has 136 valence electrons. The second-order valence-electron chi connectivity index (χ2n) is 6.09. The first kappa shape index (κ1) is 20.5. The van der Waals surface area contributed by atoms with E-state index in [1.165, 1.54) is 38.1 Å². The normalized spacial score (nSPS) is 21.4. The number of hydrogen-bond donors (Lipinski definition) is 1. The molecule has 1 fully saturated rings. The maximum atomic E-state index is 12.9. The summed E-state index contributed by atoms with van der Waals surface area (Å²) >= 11 is 0. The molecule has 4 nitrogen and oxygen atoms in total. The van der Waals surface area contributed by atoms with E-state index in [-0.39, 0.29) is 24.7 Å². The van der Waals surface area contributed by atoms with Crippen LogP contribution >= 0.6 is 12.4 Å². The molecule has 0 saturated carbocycles. The number of hydrogen-bond acceptors (Lipinski definition) is 3. The summed E-state index contributed by atoms with van der Waals surface area (Å²) in [6.45, 7) is 2.23. The van der Waals surface area contributed by atoms with Crippen molar-refractivity contribution in [2.45, 2.75) is 31.7 Å². The van der Waals surface area contributed by atoms with Gasteiger partial charge in [0.05, 0.1) is 5.92 Å². The van der Waals surface area contributed by atoms with Crippen molar-refractivity contribution < 1.29 is 27.1 Å². The van der Waals surface area contributed by atoms with Crippen molar-refractivity contribution in [3.63, 3.8) is 0 Å². The summed E-state index contributed by atoms with van der Waals surface area (Å²) < 4.78 is 56.9. The quantitative estimate of drug-likeness (QED) is 0.832. The van der Waals surface area contributed by atoms with E-state index in [0.29, 0.717) is 0 Å². The Morgan fingerprint density at radius 2 is 1.75 bits per heavy atom. The number of halogens is 5. The first-order valence-corrected chi connectivity index (χ1v) is 7.07. The fourth-order valence-electron chi connectivity index (χ4n) is 2.56. The van der Waals surface area contributed by atoms with Crippen LogP contribution in [0.4, 0.5) is 17.6 Å². The molecule has 1 amide bonds. The fourth-order valence-corrected chi connectivity index (χ4v) is 2.56. The van der Waals surface area contributed by atoms with E-state index in [1.54, 1.807) is 0 Å². The molecule has 1 heterocycles. The van der Waals surface area contributed by atoms with Gasteiger partial charge in [-0.1, -0.05) is 0 Å². The van der Waals surface area contributed by atoms with Crippen LogP contribution in [0, 0.1) is 11.7 Å². The second-order valence-corrected chi connectivity index (χ2v) is 6.09. The van der Waals surface area contributed by atoms with E-state index in [9.17, 15) is 22.4 Å². The monoisotopic (exact) mass is 370 g/mol. The average molecular weight is 371 g/mol. The van der Waals surface area contributed by atoms with Gasteiger partial charge in [-0.05, 0) is 38.1 Å². The third kappa shape index (κ3) is 4.51. The molecule has 9 heteroatoms. The van der Waals surface area contributed by atoms with Gasteiger partial charge in [0.25, 0.3) is 5.91 Å². The molecule has 1 aliphatic rings. The number of alkyl halides is 3. The molecule has 1 aromatic rings. The van der Waals surface area contributed by atoms with Gasteiger partial charge < -0.3 is 15.4 Å². The van der Waals surface area contributed by atoms with Crippen LogP contribution < -0.4 is 10.5 Å². The van der Waals surface area contributed by atoms with Gasteiger partial charge in [-0.2, -0.15) is 13.2 Å². The van der Waals surface area contributed by atoms with Gasteiger partial charge in [0.1, 0.15) is 11.6 Å². The van der Waals surface area contributed by atoms with Crippen LogP contribution in [0.2, 0.25) is 0 Å². The van der Waals surface area contributed by atoms with Gasteiger partial charge in [-0.3, -0.25) is 4.79 Å². The molecule has 0 aliphatic carbocycles. The van der Waals surface area contributed by atoms with E-state index in [2.05, 4.69) is 0 Å². The maximum absolute atomic E-state index is 12.9. The summed E-state index contributed by atoms with van der Waals surface area (Å²) in [6, 6.07) is 3.88. The molecule has 0 spiro atoms. The largest absolute Gasteiger partial charge is 0.478 e. The molecule has 1 aliphatic heterocycles. The SMILES string of the molecule is CC(C)(Oc1ccc(F)cc1)C(=O)N1C[C@@H](N)[C@H](C(F)(F)F)C1.Cl. The van der Waals surface area contributed by atoms with Gasteiger partial charge in [0.2, 0.25) is 0 Å². The van der Waals surface area contributed by atoms with Crippen LogP contribution in [0.3, 0.4) is 0 Å². The lowest BCUT2D eigenvalue weighted by molar-refractivity contribution is -0.174. The Morgan fingerprint density at radius 1 is 1.21 bits per heavy atom. The molecule has 2 N–H and O–H groups in total. The highest BCUT2D eigenvalue weighted by molar-refractivity contribution is 5.85. The number of nitrogens with zero attached hydrogens (tertiary/aromatic N) is 1. The third-order valence-electron chi connectivity index (χ3n) is 3.77. The molecule has 0 radical (unpaired) electrons. The van der Waals surface area contributed by atoms with Crippen LogP contribution in [0.1, 0.15) is 13.8 Å². The van der Waals surface area contributed by atoms with Crippen molar-refractivity contribution in [2.24, 2.45) is 11.7 Å². The molecule has 24 heavy (non-hydrogen) atoms. The fraction of sp³-hybridized carbons (Fsp3) is 0.533. The van der Waals surface area contributed by atoms with Crippen molar-refractivity contribution in [1.82, 2.24) is 4.90 Å². The molecule has 0 bridgehead atoms. The molecular formula is C15H19ClF4N2O2. The number of amides is 1. The predicted molar refractivity (Wildman–Crippen MR) is 82.5 cm³/mol. The highest BCUT2D eigenvalue weighted by Crippen LogP contribution is 2.34. The van der Waals surface area contributed by atoms with Gasteiger partial charge in [-0.25, -0.2) is 4.39 Å². The smallest absolute Gasteiger partial charge is 0.395 e. The zero-order valence-corrected chi connectivity index (χ0v) is 14.0.